The average molecular weight is 366 g/mol. The Bertz CT molecular complexity index is 698. The van der Waals surface area contributed by atoms with Gasteiger partial charge in [-0.1, -0.05) is 12.1 Å². The summed E-state index contributed by atoms with van der Waals surface area (Å²) in [7, 11) is 1.95. The summed E-state index contributed by atoms with van der Waals surface area (Å²) in [6, 6.07) is 18.1. The smallest absolute Gasteiger partial charge is 0.0490 e. The van der Waals surface area contributed by atoms with Crippen LogP contribution in [0.25, 0.3) is 0 Å². The fourth-order valence-corrected chi connectivity index (χ4v) is 4.06. The summed E-state index contributed by atoms with van der Waals surface area (Å²) >= 11 is 0. The molecule has 4 rings (SSSR count). The highest BCUT2D eigenvalue weighted by molar-refractivity contribution is 5.53. The lowest BCUT2D eigenvalue weighted by Gasteiger charge is -2.33. The molecule has 2 aromatic carbocycles. The van der Waals surface area contributed by atoms with Crippen LogP contribution in [0.5, 0.6) is 0 Å². The van der Waals surface area contributed by atoms with Crippen molar-refractivity contribution in [3.63, 3.8) is 0 Å². The first-order valence-corrected chi connectivity index (χ1v) is 10.2. The Morgan fingerprint density at radius 2 is 1.52 bits per heavy atom. The lowest BCUT2D eigenvalue weighted by atomic mass is 9.98. The Hall–Kier alpha value is -2.24. The molecule has 27 heavy (non-hydrogen) atoms. The number of hydrogen-bond donors (Lipinski definition) is 4. The van der Waals surface area contributed by atoms with E-state index in [0.29, 0.717) is 12.0 Å². The first-order chi connectivity index (χ1) is 13.3. The van der Waals surface area contributed by atoms with Crippen molar-refractivity contribution in [3.8, 4) is 0 Å². The van der Waals surface area contributed by atoms with Gasteiger partial charge in [-0.3, -0.25) is 0 Å². The molecule has 0 spiro atoms. The second-order valence-electron chi connectivity index (χ2n) is 7.66. The van der Waals surface area contributed by atoms with Crippen LogP contribution >= 0.6 is 0 Å². The third-order valence-electron chi connectivity index (χ3n) is 5.77. The van der Waals surface area contributed by atoms with Gasteiger partial charge in [0.2, 0.25) is 0 Å². The molecule has 2 aromatic rings. The molecule has 1 unspecified atom stereocenters. The zero-order valence-corrected chi connectivity index (χ0v) is 16.2. The highest BCUT2D eigenvalue weighted by Crippen LogP contribution is 2.24. The Balaban J connectivity index is 1.24. The summed E-state index contributed by atoms with van der Waals surface area (Å²) in [5.74, 6) is 0.683. The summed E-state index contributed by atoms with van der Waals surface area (Å²) in [6.45, 7) is 4.37. The van der Waals surface area contributed by atoms with Crippen LogP contribution in [0, 0.1) is 0 Å². The van der Waals surface area contributed by atoms with E-state index in [2.05, 4.69) is 74.9 Å². The van der Waals surface area contributed by atoms with E-state index < -0.39 is 0 Å². The highest BCUT2D eigenvalue weighted by Gasteiger charge is 2.20. The van der Waals surface area contributed by atoms with E-state index in [4.69, 9.17) is 0 Å². The number of rotatable bonds is 6. The van der Waals surface area contributed by atoms with Gasteiger partial charge in [-0.2, -0.15) is 0 Å². The van der Waals surface area contributed by atoms with Crippen LogP contribution in [-0.2, 0) is 0 Å². The van der Waals surface area contributed by atoms with Gasteiger partial charge in [0.25, 0.3) is 0 Å². The molecular formula is C22H31N5. The van der Waals surface area contributed by atoms with Crippen molar-refractivity contribution < 1.29 is 0 Å². The number of nitrogens with one attached hydrogen (secondary N) is 4. The molecule has 0 amide bonds. The second-order valence-corrected chi connectivity index (χ2v) is 7.66. The fraction of sp³-hybridized carbons (Fsp3) is 0.455. The number of anilines is 3. The summed E-state index contributed by atoms with van der Waals surface area (Å²) in [5, 5.41) is 12.6. The second kappa shape index (κ2) is 8.63. The molecule has 5 nitrogen and oxygen atoms in total. The van der Waals surface area contributed by atoms with Crippen molar-refractivity contribution in [1.29, 1.82) is 0 Å². The molecule has 1 atom stereocenters. The van der Waals surface area contributed by atoms with Gasteiger partial charge in [-0.25, -0.2) is 5.01 Å². The molecule has 2 fully saturated rings. The van der Waals surface area contributed by atoms with Gasteiger partial charge >= 0.3 is 0 Å². The molecule has 0 radical (unpaired) electrons. The molecule has 0 aromatic heterocycles. The van der Waals surface area contributed by atoms with Crippen LogP contribution in [0.1, 0.15) is 30.7 Å². The first-order valence-electron chi connectivity index (χ1n) is 10.2. The van der Waals surface area contributed by atoms with Crippen molar-refractivity contribution >= 4 is 17.1 Å². The van der Waals surface area contributed by atoms with Gasteiger partial charge in [0.05, 0.1) is 0 Å². The third kappa shape index (κ3) is 4.73. The Labute approximate surface area is 162 Å². The number of nitrogens with zero attached hydrogens (tertiary/aromatic N) is 1. The molecule has 0 bridgehead atoms. The van der Waals surface area contributed by atoms with Crippen LogP contribution in [0.2, 0.25) is 0 Å². The molecule has 2 aliphatic rings. The van der Waals surface area contributed by atoms with Crippen LogP contribution in [0.3, 0.4) is 0 Å². The van der Waals surface area contributed by atoms with E-state index in [0.717, 1.165) is 44.7 Å². The highest BCUT2D eigenvalue weighted by atomic mass is 15.5. The summed E-state index contributed by atoms with van der Waals surface area (Å²) in [4.78, 5) is 0. The van der Waals surface area contributed by atoms with E-state index in [1.807, 2.05) is 7.05 Å². The minimum atomic E-state index is 0.542. The maximum absolute atomic E-state index is 3.67. The predicted octanol–water partition coefficient (Wildman–Crippen LogP) is 3.71. The lowest BCUT2D eigenvalue weighted by Crippen LogP contribution is -2.42. The van der Waals surface area contributed by atoms with E-state index in [-0.39, 0.29) is 0 Å². The predicted molar refractivity (Wildman–Crippen MR) is 114 cm³/mol. The fourth-order valence-electron chi connectivity index (χ4n) is 4.06. The molecule has 2 aliphatic heterocycles. The number of piperidine rings is 1. The first kappa shape index (κ1) is 18.1. The zero-order valence-electron chi connectivity index (χ0n) is 16.2. The Morgan fingerprint density at radius 3 is 2.15 bits per heavy atom. The standard InChI is InChI=1S/C22H31N5/c1-23-19-6-8-20(9-7-19)25-21-11-14-27(15-12-21)26-22-4-2-17(3-5-22)18-10-13-24-16-18/h2-9,18,21,23-26H,10-16H2,1H3. The van der Waals surface area contributed by atoms with Crippen molar-refractivity contribution in [2.45, 2.75) is 31.2 Å². The van der Waals surface area contributed by atoms with Crippen LogP contribution in [0.15, 0.2) is 48.5 Å². The maximum atomic E-state index is 3.67. The van der Waals surface area contributed by atoms with Gasteiger partial charge in [0, 0.05) is 49.8 Å². The van der Waals surface area contributed by atoms with Crippen LogP contribution in [-0.4, -0.2) is 44.3 Å². The molecular weight excluding hydrogens is 334 g/mol. The minimum absolute atomic E-state index is 0.542. The van der Waals surface area contributed by atoms with Crippen molar-refractivity contribution in [3.05, 3.63) is 54.1 Å². The third-order valence-corrected chi connectivity index (χ3v) is 5.77. The van der Waals surface area contributed by atoms with E-state index in [1.54, 1.807) is 0 Å². The molecule has 0 saturated carbocycles. The van der Waals surface area contributed by atoms with Crippen molar-refractivity contribution in [2.75, 3.05) is 49.3 Å². The SMILES string of the molecule is CNc1ccc(NC2CCN(Nc3ccc(C4CCNC4)cc3)CC2)cc1. The molecule has 0 aliphatic carbocycles. The average Bonchev–Trinajstić information content (AvgIpc) is 3.26. The summed E-state index contributed by atoms with van der Waals surface area (Å²) in [5.41, 5.74) is 8.58. The number of benzene rings is 2. The quantitative estimate of drug-likeness (QED) is 0.629. The zero-order chi connectivity index (χ0) is 18.5. The Morgan fingerprint density at radius 1 is 0.852 bits per heavy atom. The van der Waals surface area contributed by atoms with Gasteiger partial charge in [-0.15, -0.1) is 0 Å². The number of hydrazine groups is 1. The number of hydrogen-bond acceptors (Lipinski definition) is 5. The van der Waals surface area contributed by atoms with Crippen LogP contribution < -0.4 is 21.4 Å². The van der Waals surface area contributed by atoms with Crippen molar-refractivity contribution in [2.24, 2.45) is 0 Å². The van der Waals surface area contributed by atoms with E-state index in [9.17, 15) is 0 Å². The largest absolute Gasteiger partial charge is 0.388 e. The van der Waals surface area contributed by atoms with E-state index in [1.165, 1.54) is 23.4 Å². The van der Waals surface area contributed by atoms with Crippen molar-refractivity contribution in [1.82, 2.24) is 10.3 Å². The molecule has 2 saturated heterocycles. The van der Waals surface area contributed by atoms with E-state index >= 15 is 0 Å². The van der Waals surface area contributed by atoms with Gasteiger partial charge < -0.3 is 21.4 Å². The molecule has 2 heterocycles. The molecule has 5 heteroatoms. The van der Waals surface area contributed by atoms with Gasteiger partial charge in [0.15, 0.2) is 0 Å². The Kier molecular flexibility index (Phi) is 5.80. The summed E-state index contributed by atoms with van der Waals surface area (Å²) < 4.78 is 0. The van der Waals surface area contributed by atoms with Gasteiger partial charge in [-0.05, 0) is 73.7 Å². The molecule has 4 N–H and O–H groups in total. The summed E-state index contributed by atoms with van der Waals surface area (Å²) in [6.07, 6.45) is 3.55. The van der Waals surface area contributed by atoms with Gasteiger partial charge in [0.1, 0.15) is 0 Å². The monoisotopic (exact) mass is 365 g/mol. The molecule has 144 valence electrons. The topological polar surface area (TPSA) is 51.4 Å². The van der Waals surface area contributed by atoms with Crippen LogP contribution in [0.4, 0.5) is 17.1 Å². The normalized spacial score (nSPS) is 21.1. The lowest BCUT2D eigenvalue weighted by molar-refractivity contribution is 0.260. The minimum Gasteiger partial charge on any atom is -0.388 e. The maximum Gasteiger partial charge on any atom is 0.0490 e.